The lowest BCUT2D eigenvalue weighted by atomic mass is 10.1. The van der Waals surface area contributed by atoms with Crippen LogP contribution in [0.5, 0.6) is 0 Å². The molecule has 5 N–H and O–H groups in total. The minimum atomic E-state index is -1.35. The first kappa shape index (κ1) is 9.44. The Morgan fingerprint density at radius 2 is 2.50 bits per heavy atom. The quantitative estimate of drug-likeness (QED) is 0.403. The van der Waals surface area contributed by atoms with Crippen LogP contribution in [0.2, 0.25) is 0 Å². The summed E-state index contributed by atoms with van der Waals surface area (Å²) in [5, 5.41) is 14.9. The van der Waals surface area contributed by atoms with Gasteiger partial charge in [-0.25, -0.2) is 0 Å². The topological polar surface area (TPSA) is 87.4 Å². The van der Waals surface area contributed by atoms with Gasteiger partial charge in [-0.1, -0.05) is 0 Å². The predicted octanol–water partition coefficient (Wildman–Crippen LogP) is -1.87. The van der Waals surface area contributed by atoms with E-state index in [0.29, 0.717) is 26.1 Å². The molecule has 1 heterocycles. The largest absolute Gasteiger partial charge is 0.367 e. The summed E-state index contributed by atoms with van der Waals surface area (Å²) in [6.45, 7) is 1.48. The Kier molecular flexibility index (Phi) is 3.02. The van der Waals surface area contributed by atoms with E-state index >= 15 is 0 Å². The number of amides is 1. The Balaban J connectivity index is 2.39. The highest BCUT2D eigenvalue weighted by atomic mass is 16.3. The van der Waals surface area contributed by atoms with Gasteiger partial charge in [-0.05, 0) is 13.0 Å². The molecule has 12 heavy (non-hydrogen) atoms. The molecule has 1 fully saturated rings. The molecular weight excluding hydrogens is 158 g/mol. The summed E-state index contributed by atoms with van der Waals surface area (Å²) in [6.07, 6.45) is 1.30. The number of carbonyl (C=O) groups is 1. The second-order valence-corrected chi connectivity index (χ2v) is 2.94. The minimum absolute atomic E-state index is 0.370. The third kappa shape index (κ3) is 1.94. The number of carbonyl (C=O) groups excluding carboxylic acids is 1. The lowest BCUT2D eigenvalue weighted by Crippen LogP contribution is -2.54. The maximum absolute atomic E-state index is 11.2. The van der Waals surface area contributed by atoms with Crippen molar-refractivity contribution >= 4 is 5.91 Å². The average Bonchev–Trinajstić information content (AvgIpc) is 2.49. The SMILES string of the molecule is NCCNC(=O)[C@]1(O)CCCN1. The van der Waals surface area contributed by atoms with Crippen LogP contribution in [0.4, 0.5) is 0 Å². The van der Waals surface area contributed by atoms with Crippen LogP contribution in [0.15, 0.2) is 0 Å². The lowest BCUT2D eigenvalue weighted by molar-refractivity contribution is -0.141. The summed E-state index contributed by atoms with van der Waals surface area (Å²) in [7, 11) is 0. The van der Waals surface area contributed by atoms with Crippen LogP contribution in [-0.4, -0.2) is 36.4 Å². The minimum Gasteiger partial charge on any atom is -0.367 e. The predicted molar refractivity (Wildman–Crippen MR) is 44.3 cm³/mol. The molecular formula is C7H15N3O2. The Morgan fingerprint density at radius 1 is 1.75 bits per heavy atom. The van der Waals surface area contributed by atoms with E-state index in [1.165, 1.54) is 0 Å². The summed E-state index contributed by atoms with van der Waals surface area (Å²) in [4.78, 5) is 11.2. The maximum Gasteiger partial charge on any atom is 0.267 e. The normalized spacial score (nSPS) is 28.8. The van der Waals surface area contributed by atoms with Gasteiger partial charge in [0.05, 0.1) is 0 Å². The van der Waals surface area contributed by atoms with Crippen molar-refractivity contribution in [3.05, 3.63) is 0 Å². The van der Waals surface area contributed by atoms with E-state index in [9.17, 15) is 9.90 Å². The Labute approximate surface area is 71.3 Å². The van der Waals surface area contributed by atoms with Crippen molar-refractivity contribution in [1.82, 2.24) is 10.6 Å². The number of rotatable bonds is 3. The molecule has 0 aromatic rings. The molecule has 0 aromatic heterocycles. The molecule has 5 nitrogen and oxygen atoms in total. The van der Waals surface area contributed by atoms with E-state index in [1.807, 2.05) is 0 Å². The molecule has 0 aromatic carbocycles. The zero-order valence-electron chi connectivity index (χ0n) is 6.97. The maximum atomic E-state index is 11.2. The Morgan fingerprint density at radius 3 is 3.00 bits per heavy atom. The van der Waals surface area contributed by atoms with Crippen molar-refractivity contribution in [2.45, 2.75) is 18.6 Å². The average molecular weight is 173 g/mol. The van der Waals surface area contributed by atoms with Gasteiger partial charge >= 0.3 is 0 Å². The molecule has 0 saturated carbocycles. The second-order valence-electron chi connectivity index (χ2n) is 2.94. The molecule has 0 radical (unpaired) electrons. The molecule has 1 aliphatic rings. The molecule has 0 spiro atoms. The summed E-state index contributed by atoms with van der Waals surface area (Å²) >= 11 is 0. The molecule has 0 unspecified atom stereocenters. The molecule has 0 bridgehead atoms. The van der Waals surface area contributed by atoms with E-state index in [1.54, 1.807) is 0 Å². The van der Waals surface area contributed by atoms with Crippen LogP contribution in [-0.2, 0) is 4.79 Å². The van der Waals surface area contributed by atoms with Crippen LogP contribution in [0.25, 0.3) is 0 Å². The van der Waals surface area contributed by atoms with Gasteiger partial charge in [0.15, 0.2) is 5.72 Å². The van der Waals surface area contributed by atoms with Crippen LogP contribution >= 0.6 is 0 Å². The molecule has 1 atom stereocenters. The van der Waals surface area contributed by atoms with Gasteiger partial charge in [0.25, 0.3) is 5.91 Å². The van der Waals surface area contributed by atoms with Crippen molar-refractivity contribution in [1.29, 1.82) is 0 Å². The molecule has 1 saturated heterocycles. The lowest BCUT2D eigenvalue weighted by Gasteiger charge is -2.21. The van der Waals surface area contributed by atoms with Gasteiger partial charge in [-0.2, -0.15) is 0 Å². The molecule has 5 heteroatoms. The fourth-order valence-electron chi connectivity index (χ4n) is 1.25. The monoisotopic (exact) mass is 173 g/mol. The van der Waals surface area contributed by atoms with E-state index < -0.39 is 5.72 Å². The van der Waals surface area contributed by atoms with Crippen molar-refractivity contribution in [3.8, 4) is 0 Å². The smallest absolute Gasteiger partial charge is 0.267 e. The first-order chi connectivity index (χ1) is 5.69. The van der Waals surface area contributed by atoms with Gasteiger partial charge in [0, 0.05) is 19.5 Å². The van der Waals surface area contributed by atoms with E-state index in [-0.39, 0.29) is 5.91 Å². The van der Waals surface area contributed by atoms with E-state index in [4.69, 9.17) is 5.73 Å². The fourth-order valence-corrected chi connectivity index (χ4v) is 1.25. The molecule has 0 aliphatic carbocycles. The van der Waals surface area contributed by atoms with Crippen LogP contribution in [0, 0.1) is 0 Å². The van der Waals surface area contributed by atoms with Gasteiger partial charge < -0.3 is 16.2 Å². The van der Waals surface area contributed by atoms with Crippen LogP contribution in [0.3, 0.4) is 0 Å². The van der Waals surface area contributed by atoms with Crippen LogP contribution in [0.1, 0.15) is 12.8 Å². The third-order valence-electron chi connectivity index (χ3n) is 1.94. The van der Waals surface area contributed by atoms with Crippen LogP contribution < -0.4 is 16.4 Å². The number of nitrogens with one attached hydrogen (secondary N) is 2. The molecule has 1 rings (SSSR count). The number of aliphatic hydroxyl groups is 1. The summed E-state index contributed by atoms with van der Waals surface area (Å²) in [5.74, 6) is -0.370. The first-order valence-electron chi connectivity index (χ1n) is 4.15. The molecule has 70 valence electrons. The standard InChI is InChI=1S/C7H15N3O2/c8-3-5-9-6(11)7(12)2-1-4-10-7/h10,12H,1-5,8H2,(H,9,11)/t7-/m1/s1. The first-order valence-corrected chi connectivity index (χ1v) is 4.15. The highest BCUT2D eigenvalue weighted by Crippen LogP contribution is 2.15. The van der Waals surface area contributed by atoms with Crippen molar-refractivity contribution in [3.63, 3.8) is 0 Å². The van der Waals surface area contributed by atoms with E-state index in [0.717, 1.165) is 6.42 Å². The zero-order valence-corrected chi connectivity index (χ0v) is 6.97. The summed E-state index contributed by atoms with van der Waals surface area (Å²) in [6, 6.07) is 0. The summed E-state index contributed by atoms with van der Waals surface area (Å²) in [5.41, 5.74) is 3.85. The van der Waals surface area contributed by atoms with Crippen molar-refractivity contribution < 1.29 is 9.90 Å². The van der Waals surface area contributed by atoms with E-state index in [2.05, 4.69) is 10.6 Å². The Bertz CT molecular complexity index is 166. The number of hydrogen-bond acceptors (Lipinski definition) is 4. The highest BCUT2D eigenvalue weighted by Gasteiger charge is 2.38. The van der Waals surface area contributed by atoms with Gasteiger partial charge in [0.2, 0.25) is 0 Å². The van der Waals surface area contributed by atoms with Gasteiger partial charge in [0.1, 0.15) is 0 Å². The van der Waals surface area contributed by atoms with Crippen molar-refractivity contribution in [2.75, 3.05) is 19.6 Å². The number of nitrogens with two attached hydrogens (primary N) is 1. The van der Waals surface area contributed by atoms with Crippen molar-refractivity contribution in [2.24, 2.45) is 5.73 Å². The Hall–Kier alpha value is -0.650. The third-order valence-corrected chi connectivity index (χ3v) is 1.94. The summed E-state index contributed by atoms with van der Waals surface area (Å²) < 4.78 is 0. The second kappa shape index (κ2) is 3.84. The number of hydrogen-bond donors (Lipinski definition) is 4. The fraction of sp³-hybridized carbons (Fsp3) is 0.857. The highest BCUT2D eigenvalue weighted by molar-refractivity contribution is 5.84. The molecule has 1 aliphatic heterocycles. The van der Waals surface area contributed by atoms with Gasteiger partial charge in [-0.15, -0.1) is 0 Å². The zero-order chi connectivity index (χ0) is 9.03. The van der Waals surface area contributed by atoms with Gasteiger partial charge in [-0.3, -0.25) is 10.1 Å². The molecule has 1 amide bonds.